The first-order valence-corrected chi connectivity index (χ1v) is 10.8. The normalized spacial score (nSPS) is 19.5. The molecule has 0 aliphatic carbocycles. The number of hydrogen-bond acceptors (Lipinski definition) is 4. The Morgan fingerprint density at radius 3 is 2.21 bits per heavy atom. The lowest BCUT2D eigenvalue weighted by atomic mass is 9.87. The fraction of sp³-hybridized carbons (Fsp3) is 0.316. The second kappa shape index (κ2) is 9.51. The minimum absolute atomic E-state index is 0.0341. The van der Waals surface area contributed by atoms with Crippen LogP contribution < -0.4 is 5.73 Å². The number of aryl methyl sites for hydroxylation is 1. The summed E-state index contributed by atoms with van der Waals surface area (Å²) >= 11 is 3.38. The Labute approximate surface area is 173 Å². The predicted molar refractivity (Wildman–Crippen MR) is 110 cm³/mol. The highest BCUT2D eigenvalue weighted by molar-refractivity contribution is 9.10. The number of amides is 1. The van der Waals surface area contributed by atoms with Crippen LogP contribution in [0.2, 0.25) is 0 Å². The molecule has 28 heavy (non-hydrogen) atoms. The van der Waals surface area contributed by atoms with Crippen molar-refractivity contribution in [2.75, 3.05) is 13.1 Å². The van der Waals surface area contributed by atoms with E-state index in [-0.39, 0.29) is 16.9 Å². The molecule has 7 nitrogen and oxygen atoms in total. The van der Waals surface area contributed by atoms with Gasteiger partial charge in [-0.2, -0.15) is 8.42 Å². The van der Waals surface area contributed by atoms with Gasteiger partial charge in [0.05, 0.1) is 4.90 Å². The summed E-state index contributed by atoms with van der Waals surface area (Å²) in [6, 6.07) is 13.9. The Morgan fingerprint density at radius 2 is 1.71 bits per heavy atom. The number of likely N-dealkylation sites (tertiary alicyclic amines) is 1. The van der Waals surface area contributed by atoms with Crippen LogP contribution in [-0.2, 0) is 10.1 Å². The van der Waals surface area contributed by atoms with Gasteiger partial charge in [-0.3, -0.25) is 4.55 Å². The molecule has 0 saturated carbocycles. The highest BCUT2D eigenvalue weighted by Gasteiger charge is 2.30. The molecule has 152 valence electrons. The van der Waals surface area contributed by atoms with Crippen molar-refractivity contribution >= 4 is 32.1 Å². The van der Waals surface area contributed by atoms with Gasteiger partial charge < -0.3 is 15.7 Å². The highest BCUT2D eigenvalue weighted by atomic mass is 79.9. The van der Waals surface area contributed by atoms with E-state index >= 15 is 0 Å². The number of nitrogens with two attached hydrogens (primary N) is 1. The minimum Gasteiger partial charge on any atom is -0.465 e. The standard InChI is InChI=1S/C12H15BrN2O2.C7H8O3S/c13-9-3-1-8(2-4-9)10-7-15(12(16)17)6-5-11(10)14;1-6-2-4-7(5-3-6)11(8,9)10/h1-4,10-11H,5-7,14H2,(H,16,17);2-5H,1H3,(H,8,9,10)/t10-,11+;/m0./s1. The Balaban J connectivity index is 0.000000221. The number of carboxylic acid groups (broad SMARTS) is 1. The lowest BCUT2D eigenvalue weighted by Crippen LogP contribution is -2.47. The second-order valence-electron chi connectivity index (χ2n) is 6.63. The topological polar surface area (TPSA) is 121 Å². The summed E-state index contributed by atoms with van der Waals surface area (Å²) in [6.45, 7) is 2.86. The first kappa shape index (κ1) is 22.4. The molecule has 0 radical (unpaired) electrons. The average molecular weight is 471 g/mol. The van der Waals surface area contributed by atoms with Crippen LogP contribution in [0.4, 0.5) is 4.79 Å². The molecule has 2 aromatic rings. The molecule has 1 aliphatic rings. The van der Waals surface area contributed by atoms with Gasteiger partial charge in [0, 0.05) is 29.5 Å². The third-order valence-electron chi connectivity index (χ3n) is 4.55. The van der Waals surface area contributed by atoms with Crippen LogP contribution in [0.5, 0.6) is 0 Å². The highest BCUT2D eigenvalue weighted by Crippen LogP contribution is 2.27. The summed E-state index contributed by atoms with van der Waals surface area (Å²) in [7, 11) is -4.02. The number of hydrogen-bond donors (Lipinski definition) is 3. The van der Waals surface area contributed by atoms with Gasteiger partial charge in [0.1, 0.15) is 0 Å². The van der Waals surface area contributed by atoms with E-state index in [4.69, 9.17) is 15.4 Å². The molecule has 1 aliphatic heterocycles. The second-order valence-corrected chi connectivity index (χ2v) is 8.96. The molecule has 1 fully saturated rings. The van der Waals surface area contributed by atoms with Crippen molar-refractivity contribution in [1.82, 2.24) is 4.90 Å². The number of benzene rings is 2. The van der Waals surface area contributed by atoms with Gasteiger partial charge in [0.25, 0.3) is 10.1 Å². The molecule has 3 rings (SSSR count). The number of rotatable bonds is 2. The fourth-order valence-corrected chi connectivity index (χ4v) is 3.66. The molecule has 0 bridgehead atoms. The molecule has 0 unspecified atom stereocenters. The van der Waals surface area contributed by atoms with E-state index < -0.39 is 16.2 Å². The summed E-state index contributed by atoms with van der Waals surface area (Å²) in [6.07, 6.45) is -0.147. The van der Waals surface area contributed by atoms with Crippen LogP contribution in [-0.4, -0.2) is 48.2 Å². The molecule has 2 atom stereocenters. The molecule has 0 aromatic heterocycles. The number of piperidine rings is 1. The van der Waals surface area contributed by atoms with Crippen LogP contribution in [0.3, 0.4) is 0 Å². The molecular formula is C19H23BrN2O5S. The minimum atomic E-state index is -4.02. The van der Waals surface area contributed by atoms with Crippen LogP contribution in [0.15, 0.2) is 57.9 Å². The monoisotopic (exact) mass is 470 g/mol. The molecule has 4 N–H and O–H groups in total. The van der Waals surface area contributed by atoms with E-state index in [0.29, 0.717) is 19.5 Å². The maximum atomic E-state index is 11.0. The van der Waals surface area contributed by atoms with Crippen molar-refractivity contribution in [3.63, 3.8) is 0 Å². The third-order valence-corrected chi connectivity index (χ3v) is 5.95. The molecule has 1 saturated heterocycles. The Morgan fingerprint density at radius 1 is 1.14 bits per heavy atom. The lowest BCUT2D eigenvalue weighted by molar-refractivity contribution is 0.126. The summed E-state index contributed by atoms with van der Waals surface area (Å²) in [5.41, 5.74) is 8.14. The van der Waals surface area contributed by atoms with Crippen molar-refractivity contribution in [1.29, 1.82) is 0 Å². The van der Waals surface area contributed by atoms with Gasteiger partial charge in [-0.15, -0.1) is 0 Å². The average Bonchev–Trinajstić information content (AvgIpc) is 2.63. The van der Waals surface area contributed by atoms with Gasteiger partial charge in [-0.05, 0) is 43.2 Å². The number of halogens is 1. The van der Waals surface area contributed by atoms with E-state index in [9.17, 15) is 13.2 Å². The summed E-state index contributed by atoms with van der Waals surface area (Å²) in [5, 5.41) is 9.01. The van der Waals surface area contributed by atoms with Crippen molar-refractivity contribution in [3.8, 4) is 0 Å². The van der Waals surface area contributed by atoms with E-state index in [2.05, 4.69) is 15.9 Å². The third kappa shape index (κ3) is 6.30. The van der Waals surface area contributed by atoms with Gasteiger partial charge >= 0.3 is 6.09 Å². The summed E-state index contributed by atoms with van der Waals surface area (Å²) < 4.78 is 30.6. The summed E-state index contributed by atoms with van der Waals surface area (Å²) in [5.74, 6) is 0.0907. The van der Waals surface area contributed by atoms with Crippen molar-refractivity contribution < 1.29 is 22.9 Å². The molecular weight excluding hydrogens is 448 g/mol. The zero-order chi connectivity index (χ0) is 20.9. The van der Waals surface area contributed by atoms with Gasteiger partial charge in [0.2, 0.25) is 0 Å². The quantitative estimate of drug-likeness (QED) is 0.577. The fourth-order valence-electron chi connectivity index (χ4n) is 2.92. The zero-order valence-corrected chi connectivity index (χ0v) is 17.7. The van der Waals surface area contributed by atoms with Crippen LogP contribution in [0.25, 0.3) is 0 Å². The summed E-state index contributed by atoms with van der Waals surface area (Å²) in [4.78, 5) is 12.3. The Bertz CT molecular complexity index is 901. The molecule has 1 heterocycles. The van der Waals surface area contributed by atoms with Crippen molar-refractivity contribution in [2.24, 2.45) is 5.73 Å². The molecule has 2 aromatic carbocycles. The van der Waals surface area contributed by atoms with Gasteiger partial charge in [0.15, 0.2) is 0 Å². The van der Waals surface area contributed by atoms with Crippen LogP contribution in [0.1, 0.15) is 23.5 Å². The number of carbonyl (C=O) groups is 1. The first-order valence-electron chi connectivity index (χ1n) is 8.61. The maximum absolute atomic E-state index is 11.0. The van der Waals surface area contributed by atoms with E-state index in [1.54, 1.807) is 12.1 Å². The van der Waals surface area contributed by atoms with E-state index in [1.165, 1.54) is 17.0 Å². The SMILES string of the molecule is Cc1ccc(S(=O)(=O)O)cc1.N[C@@H]1CCN(C(=O)O)C[C@H]1c1ccc(Br)cc1. The van der Waals surface area contributed by atoms with E-state index in [1.807, 2.05) is 31.2 Å². The van der Waals surface area contributed by atoms with Gasteiger partial charge in [-0.1, -0.05) is 45.8 Å². The smallest absolute Gasteiger partial charge is 0.407 e. The zero-order valence-electron chi connectivity index (χ0n) is 15.3. The Kier molecular flexibility index (Phi) is 7.59. The maximum Gasteiger partial charge on any atom is 0.407 e. The lowest BCUT2D eigenvalue weighted by Gasteiger charge is -2.35. The molecule has 1 amide bonds. The Hall–Kier alpha value is -1.94. The van der Waals surface area contributed by atoms with Crippen molar-refractivity contribution in [3.05, 3.63) is 64.1 Å². The van der Waals surface area contributed by atoms with Crippen LogP contribution in [0, 0.1) is 6.92 Å². The molecule has 9 heteroatoms. The van der Waals surface area contributed by atoms with E-state index in [0.717, 1.165) is 15.6 Å². The largest absolute Gasteiger partial charge is 0.465 e. The van der Waals surface area contributed by atoms with Gasteiger partial charge in [-0.25, -0.2) is 4.79 Å². The van der Waals surface area contributed by atoms with Crippen LogP contribution >= 0.6 is 15.9 Å². The first-order chi connectivity index (χ1) is 13.1. The predicted octanol–water partition coefficient (Wildman–Crippen LogP) is 3.49. The molecule has 0 spiro atoms. The van der Waals surface area contributed by atoms with Crippen molar-refractivity contribution in [2.45, 2.75) is 30.2 Å². The number of nitrogens with zero attached hydrogens (tertiary/aromatic N) is 1.